The van der Waals surface area contributed by atoms with Gasteiger partial charge < -0.3 is 4.74 Å². The van der Waals surface area contributed by atoms with Crippen LogP contribution in [0.2, 0.25) is 5.02 Å². The third-order valence-corrected chi connectivity index (χ3v) is 4.19. The van der Waals surface area contributed by atoms with Crippen LogP contribution in [0.1, 0.15) is 29.2 Å². The van der Waals surface area contributed by atoms with E-state index in [0.717, 1.165) is 22.4 Å². The number of halogens is 1. The Labute approximate surface area is 147 Å². The van der Waals surface area contributed by atoms with E-state index in [1.165, 1.54) is 5.56 Å². The van der Waals surface area contributed by atoms with Gasteiger partial charge in [0.1, 0.15) is 5.75 Å². The van der Waals surface area contributed by atoms with E-state index in [4.69, 9.17) is 16.3 Å². The maximum atomic E-state index is 11.9. The van der Waals surface area contributed by atoms with Crippen molar-refractivity contribution in [2.24, 2.45) is 5.10 Å². The van der Waals surface area contributed by atoms with E-state index in [2.05, 4.69) is 10.5 Å². The summed E-state index contributed by atoms with van der Waals surface area (Å²) >= 11 is 6.11. The number of rotatable bonds is 5. The summed E-state index contributed by atoms with van der Waals surface area (Å²) in [5, 5.41) is 4.81. The summed E-state index contributed by atoms with van der Waals surface area (Å²) in [5.41, 5.74) is 7.22. The van der Waals surface area contributed by atoms with E-state index in [0.29, 0.717) is 10.8 Å². The Hall–Kier alpha value is -2.33. The topological polar surface area (TPSA) is 50.7 Å². The van der Waals surface area contributed by atoms with Crippen molar-refractivity contribution in [3.05, 3.63) is 63.7 Å². The molecule has 0 fully saturated rings. The summed E-state index contributed by atoms with van der Waals surface area (Å²) in [5.74, 6) is 0.301. The highest BCUT2D eigenvalue weighted by atomic mass is 35.5. The number of nitrogens with zero attached hydrogens (tertiary/aromatic N) is 1. The highest BCUT2D eigenvalue weighted by Gasteiger charge is 2.06. The van der Waals surface area contributed by atoms with Crippen LogP contribution >= 0.6 is 11.6 Å². The van der Waals surface area contributed by atoms with Crippen LogP contribution in [-0.2, 0) is 4.79 Å². The van der Waals surface area contributed by atoms with E-state index >= 15 is 0 Å². The second-order valence-electron chi connectivity index (χ2n) is 5.76. The molecule has 0 atom stereocenters. The highest BCUT2D eigenvalue weighted by molar-refractivity contribution is 6.32. The molecule has 0 saturated heterocycles. The Balaban J connectivity index is 1.91. The molecule has 1 amide bonds. The maximum absolute atomic E-state index is 11.9. The third kappa shape index (κ3) is 4.83. The van der Waals surface area contributed by atoms with Gasteiger partial charge in [-0.1, -0.05) is 41.4 Å². The summed E-state index contributed by atoms with van der Waals surface area (Å²) in [6, 6.07) is 11.6. The molecular formula is C19H21ClN2O2. The van der Waals surface area contributed by atoms with Gasteiger partial charge in [-0.25, -0.2) is 5.43 Å². The van der Waals surface area contributed by atoms with Crippen molar-refractivity contribution in [3.8, 4) is 5.75 Å². The average Bonchev–Trinajstić information content (AvgIpc) is 2.56. The molecule has 0 bridgehead atoms. The highest BCUT2D eigenvalue weighted by Crippen LogP contribution is 2.25. The van der Waals surface area contributed by atoms with E-state index in [9.17, 15) is 4.79 Å². The number of nitrogens with one attached hydrogen (secondary N) is 1. The minimum absolute atomic E-state index is 0.106. The number of aryl methyl sites for hydroxylation is 3. The maximum Gasteiger partial charge on any atom is 0.277 e. The van der Waals surface area contributed by atoms with Crippen LogP contribution in [0.4, 0.5) is 0 Å². The Morgan fingerprint density at radius 1 is 1.12 bits per heavy atom. The van der Waals surface area contributed by atoms with Crippen LogP contribution in [0, 0.1) is 20.8 Å². The summed E-state index contributed by atoms with van der Waals surface area (Å²) < 4.78 is 5.50. The fraction of sp³-hybridized carbons (Fsp3) is 0.263. The first-order chi connectivity index (χ1) is 11.4. The lowest BCUT2D eigenvalue weighted by Gasteiger charge is -2.09. The van der Waals surface area contributed by atoms with Gasteiger partial charge in [-0.3, -0.25) is 4.79 Å². The number of carbonyl (C=O) groups excluding carboxylic acids is 1. The second-order valence-corrected chi connectivity index (χ2v) is 6.14. The summed E-state index contributed by atoms with van der Waals surface area (Å²) in [6.45, 7) is 7.56. The number of carbonyl (C=O) groups is 1. The van der Waals surface area contributed by atoms with E-state index in [-0.39, 0.29) is 12.5 Å². The summed E-state index contributed by atoms with van der Waals surface area (Å²) in [6.07, 6.45) is 0. The van der Waals surface area contributed by atoms with Crippen molar-refractivity contribution in [3.63, 3.8) is 0 Å². The van der Waals surface area contributed by atoms with Gasteiger partial charge >= 0.3 is 0 Å². The number of ether oxygens (including phenoxy) is 1. The predicted molar refractivity (Wildman–Crippen MR) is 98.0 cm³/mol. The van der Waals surface area contributed by atoms with Crippen LogP contribution in [0.15, 0.2) is 41.5 Å². The van der Waals surface area contributed by atoms with Gasteiger partial charge in [-0.2, -0.15) is 5.10 Å². The minimum Gasteiger partial charge on any atom is -0.484 e. The van der Waals surface area contributed by atoms with Gasteiger partial charge in [0.2, 0.25) is 0 Å². The molecule has 126 valence electrons. The third-order valence-electron chi connectivity index (χ3n) is 3.60. The SMILES string of the molecule is C/C(=N/NC(=O)COc1cc(C)c(Cl)c(C)c1)c1ccc(C)cc1. The van der Waals surface area contributed by atoms with Crippen LogP contribution in [0.5, 0.6) is 5.75 Å². The molecule has 1 N–H and O–H groups in total. The van der Waals surface area contributed by atoms with Crippen LogP contribution in [-0.4, -0.2) is 18.2 Å². The Kier molecular flexibility index (Phi) is 5.99. The van der Waals surface area contributed by atoms with Gasteiger partial charge in [-0.15, -0.1) is 0 Å². The summed E-state index contributed by atoms with van der Waals surface area (Å²) in [4.78, 5) is 11.9. The molecule has 2 rings (SSSR count). The van der Waals surface area contributed by atoms with E-state index in [1.54, 1.807) is 0 Å². The normalized spacial score (nSPS) is 11.3. The van der Waals surface area contributed by atoms with Crippen LogP contribution in [0.25, 0.3) is 0 Å². The molecule has 5 heteroatoms. The molecule has 0 radical (unpaired) electrons. The molecule has 0 aromatic heterocycles. The van der Waals surface area contributed by atoms with Crippen molar-refractivity contribution in [2.45, 2.75) is 27.7 Å². The standard InChI is InChI=1S/C19H21ClN2O2/c1-12-5-7-16(8-6-12)15(4)21-22-18(23)11-24-17-9-13(2)19(20)14(3)10-17/h5-10H,11H2,1-4H3,(H,22,23)/b21-15-. The van der Waals surface area contributed by atoms with Crippen molar-refractivity contribution < 1.29 is 9.53 Å². The molecule has 0 heterocycles. The fourth-order valence-electron chi connectivity index (χ4n) is 2.18. The first-order valence-electron chi connectivity index (χ1n) is 7.66. The molecule has 0 aliphatic rings. The molecule has 0 aliphatic heterocycles. The zero-order valence-corrected chi connectivity index (χ0v) is 15.1. The zero-order valence-electron chi connectivity index (χ0n) is 14.3. The van der Waals surface area contributed by atoms with Crippen molar-refractivity contribution in [2.75, 3.05) is 6.61 Å². The van der Waals surface area contributed by atoms with Gasteiger partial charge in [0, 0.05) is 5.02 Å². The Bertz CT molecular complexity index is 744. The molecule has 24 heavy (non-hydrogen) atoms. The van der Waals surface area contributed by atoms with Crippen LogP contribution < -0.4 is 10.2 Å². The molecule has 0 unspecified atom stereocenters. The van der Waals surface area contributed by atoms with E-state index in [1.807, 2.05) is 64.1 Å². The minimum atomic E-state index is -0.313. The molecule has 2 aromatic rings. The van der Waals surface area contributed by atoms with Gasteiger partial charge in [-0.05, 0) is 56.5 Å². The van der Waals surface area contributed by atoms with Gasteiger partial charge in [0.15, 0.2) is 6.61 Å². The molecule has 0 spiro atoms. The zero-order chi connectivity index (χ0) is 17.7. The Morgan fingerprint density at radius 2 is 1.71 bits per heavy atom. The van der Waals surface area contributed by atoms with Crippen LogP contribution in [0.3, 0.4) is 0 Å². The predicted octanol–water partition coefficient (Wildman–Crippen LogP) is 4.18. The summed E-state index contributed by atoms with van der Waals surface area (Å²) in [7, 11) is 0. The van der Waals surface area contributed by atoms with E-state index < -0.39 is 0 Å². The Morgan fingerprint density at radius 3 is 2.29 bits per heavy atom. The number of hydrogen-bond acceptors (Lipinski definition) is 3. The number of hydrazone groups is 1. The van der Waals surface area contributed by atoms with Gasteiger partial charge in [0.05, 0.1) is 5.71 Å². The lowest BCUT2D eigenvalue weighted by atomic mass is 10.1. The smallest absolute Gasteiger partial charge is 0.277 e. The largest absolute Gasteiger partial charge is 0.484 e. The average molecular weight is 345 g/mol. The number of benzene rings is 2. The molecule has 4 nitrogen and oxygen atoms in total. The van der Waals surface area contributed by atoms with Crippen molar-refractivity contribution in [1.29, 1.82) is 0 Å². The monoisotopic (exact) mass is 344 g/mol. The molecule has 0 aliphatic carbocycles. The molecule has 0 saturated carbocycles. The van der Waals surface area contributed by atoms with Gasteiger partial charge in [0.25, 0.3) is 5.91 Å². The fourth-order valence-corrected chi connectivity index (χ4v) is 2.29. The van der Waals surface area contributed by atoms with Crippen molar-refractivity contribution >= 4 is 23.2 Å². The quantitative estimate of drug-likeness (QED) is 0.653. The lowest BCUT2D eigenvalue weighted by molar-refractivity contribution is -0.123. The first kappa shape index (κ1) is 18.0. The second kappa shape index (κ2) is 7.97. The number of hydrogen-bond donors (Lipinski definition) is 1. The first-order valence-corrected chi connectivity index (χ1v) is 8.04. The van der Waals surface area contributed by atoms with Crippen molar-refractivity contribution in [1.82, 2.24) is 5.43 Å². The molecular weight excluding hydrogens is 324 g/mol. The molecule has 2 aromatic carbocycles. The lowest BCUT2D eigenvalue weighted by Crippen LogP contribution is -2.25. The number of amides is 1.